The van der Waals surface area contributed by atoms with E-state index in [9.17, 15) is 9.59 Å². The molecule has 0 aromatic heterocycles. The van der Waals surface area contributed by atoms with Gasteiger partial charge >= 0.3 is 0 Å². The predicted octanol–water partition coefficient (Wildman–Crippen LogP) is 5.44. The Balaban J connectivity index is 1.62. The van der Waals surface area contributed by atoms with Crippen LogP contribution >= 0.6 is 0 Å². The molecule has 2 aliphatic heterocycles. The molecule has 0 N–H and O–H groups in total. The van der Waals surface area contributed by atoms with Crippen LogP contribution in [-0.4, -0.2) is 25.0 Å². The molecular weight excluding hydrogens is 424 g/mol. The number of amides is 2. The summed E-state index contributed by atoms with van der Waals surface area (Å²) >= 11 is 0. The number of carbonyl (C=O) groups is 2. The number of para-hydroxylation sites is 1. The number of nitrogens with zero attached hydrogens (tertiary/aromatic N) is 2. The molecule has 2 heterocycles. The molecule has 0 bridgehead atoms. The van der Waals surface area contributed by atoms with Gasteiger partial charge < -0.3 is 9.64 Å². The monoisotopic (exact) mass is 452 g/mol. The van der Waals surface area contributed by atoms with Crippen molar-refractivity contribution in [2.45, 2.75) is 33.6 Å². The zero-order valence-electron chi connectivity index (χ0n) is 19.8. The van der Waals surface area contributed by atoms with Crippen LogP contribution in [0, 0.1) is 13.8 Å². The van der Waals surface area contributed by atoms with Gasteiger partial charge in [0.1, 0.15) is 11.4 Å². The van der Waals surface area contributed by atoms with Crippen LogP contribution in [-0.2, 0) is 16.0 Å². The summed E-state index contributed by atoms with van der Waals surface area (Å²) in [5, 5.41) is 0. The SMILES string of the molecule is CCCOc1ccc(C2=C(N3CCc4ccccc43)C(=O)N(c3ccc(C)c(C)c3)C2=O)cc1. The van der Waals surface area contributed by atoms with Crippen molar-refractivity contribution < 1.29 is 14.3 Å². The topological polar surface area (TPSA) is 49.9 Å². The highest BCUT2D eigenvalue weighted by Crippen LogP contribution is 2.40. The highest BCUT2D eigenvalue weighted by molar-refractivity contribution is 6.46. The summed E-state index contributed by atoms with van der Waals surface area (Å²) in [5.74, 6) is 0.170. The van der Waals surface area contributed by atoms with Crippen molar-refractivity contribution in [2.24, 2.45) is 0 Å². The van der Waals surface area contributed by atoms with Crippen LogP contribution in [0.5, 0.6) is 5.75 Å². The summed E-state index contributed by atoms with van der Waals surface area (Å²) in [4.78, 5) is 31.0. The second-order valence-electron chi connectivity index (χ2n) is 8.84. The summed E-state index contributed by atoms with van der Waals surface area (Å²) in [6.07, 6.45) is 1.76. The van der Waals surface area contributed by atoms with Crippen molar-refractivity contribution in [1.82, 2.24) is 0 Å². The van der Waals surface area contributed by atoms with Crippen molar-refractivity contribution in [3.05, 3.63) is 94.7 Å². The average molecular weight is 453 g/mol. The lowest BCUT2D eigenvalue weighted by molar-refractivity contribution is -0.120. The fraction of sp³-hybridized carbons (Fsp3) is 0.241. The van der Waals surface area contributed by atoms with E-state index in [0.717, 1.165) is 35.4 Å². The molecule has 0 saturated carbocycles. The molecule has 3 aromatic carbocycles. The molecule has 172 valence electrons. The standard InChI is InChI=1S/C29H28N2O3/c1-4-17-34-24-13-10-22(11-14-24)26-27(30-16-15-21-7-5-6-8-25(21)30)29(33)31(28(26)32)23-12-9-19(2)20(3)18-23/h5-14,18H,4,15-17H2,1-3H3. The normalized spacial score (nSPS) is 15.4. The maximum absolute atomic E-state index is 13.9. The van der Waals surface area contributed by atoms with Crippen LogP contribution < -0.4 is 14.5 Å². The van der Waals surface area contributed by atoms with Crippen LogP contribution in [0.1, 0.15) is 35.6 Å². The lowest BCUT2D eigenvalue weighted by atomic mass is 10.0. The third-order valence-electron chi connectivity index (χ3n) is 6.58. The summed E-state index contributed by atoms with van der Waals surface area (Å²) in [5.41, 5.74) is 6.51. The quantitative estimate of drug-likeness (QED) is 0.468. The van der Waals surface area contributed by atoms with E-state index in [-0.39, 0.29) is 11.8 Å². The molecule has 2 amide bonds. The molecule has 0 aliphatic carbocycles. The lowest BCUT2D eigenvalue weighted by Crippen LogP contribution is -2.35. The summed E-state index contributed by atoms with van der Waals surface area (Å²) in [6.45, 7) is 7.37. The number of rotatable bonds is 6. The first kappa shape index (κ1) is 22.0. The molecule has 5 rings (SSSR count). The van der Waals surface area contributed by atoms with Gasteiger partial charge in [0.15, 0.2) is 0 Å². The Morgan fingerprint density at radius 3 is 2.38 bits per heavy atom. The molecule has 5 heteroatoms. The molecule has 2 aliphatic rings. The Labute approximate surface area is 200 Å². The first-order valence-corrected chi connectivity index (χ1v) is 11.8. The molecule has 0 radical (unpaired) electrons. The molecular formula is C29H28N2O3. The van der Waals surface area contributed by atoms with E-state index >= 15 is 0 Å². The molecule has 5 nitrogen and oxygen atoms in total. The number of hydrogen-bond donors (Lipinski definition) is 0. The van der Waals surface area contributed by atoms with Gasteiger partial charge in [0.05, 0.1) is 17.9 Å². The van der Waals surface area contributed by atoms with Gasteiger partial charge in [0.2, 0.25) is 0 Å². The zero-order chi connectivity index (χ0) is 23.8. The van der Waals surface area contributed by atoms with E-state index in [1.807, 2.05) is 79.4 Å². The molecule has 0 unspecified atom stereocenters. The highest BCUT2D eigenvalue weighted by atomic mass is 16.5. The first-order chi connectivity index (χ1) is 16.5. The first-order valence-electron chi connectivity index (χ1n) is 11.8. The Hall–Kier alpha value is -3.86. The number of benzene rings is 3. The number of fused-ring (bicyclic) bond motifs is 1. The van der Waals surface area contributed by atoms with Gasteiger partial charge in [0, 0.05) is 12.2 Å². The van der Waals surface area contributed by atoms with Gasteiger partial charge in [-0.3, -0.25) is 9.59 Å². The van der Waals surface area contributed by atoms with Gasteiger partial charge in [0.25, 0.3) is 11.8 Å². The van der Waals surface area contributed by atoms with Crippen molar-refractivity contribution in [3.8, 4) is 5.75 Å². The Morgan fingerprint density at radius 2 is 1.65 bits per heavy atom. The molecule has 0 spiro atoms. The lowest BCUT2D eigenvalue weighted by Gasteiger charge is -2.22. The van der Waals surface area contributed by atoms with Crippen LogP contribution in [0.15, 0.2) is 72.4 Å². The Bertz CT molecular complexity index is 1310. The van der Waals surface area contributed by atoms with E-state index in [1.54, 1.807) is 0 Å². The maximum Gasteiger partial charge on any atom is 0.282 e. The predicted molar refractivity (Wildman–Crippen MR) is 135 cm³/mol. The molecule has 0 saturated heterocycles. The van der Waals surface area contributed by atoms with E-state index in [1.165, 1.54) is 10.5 Å². The molecule has 34 heavy (non-hydrogen) atoms. The third kappa shape index (κ3) is 3.67. The Morgan fingerprint density at radius 1 is 0.882 bits per heavy atom. The molecule has 3 aromatic rings. The van der Waals surface area contributed by atoms with Gasteiger partial charge in [-0.2, -0.15) is 0 Å². The van der Waals surface area contributed by atoms with Crippen LogP contribution in [0.2, 0.25) is 0 Å². The average Bonchev–Trinajstić information content (AvgIpc) is 3.38. The van der Waals surface area contributed by atoms with E-state index < -0.39 is 0 Å². The molecule has 0 fully saturated rings. The third-order valence-corrected chi connectivity index (χ3v) is 6.58. The fourth-order valence-electron chi connectivity index (χ4n) is 4.64. The van der Waals surface area contributed by atoms with Crippen molar-refractivity contribution in [2.75, 3.05) is 23.0 Å². The number of ether oxygens (including phenoxy) is 1. The second-order valence-corrected chi connectivity index (χ2v) is 8.84. The van der Waals surface area contributed by atoms with Crippen LogP contribution in [0.4, 0.5) is 11.4 Å². The smallest absolute Gasteiger partial charge is 0.282 e. The van der Waals surface area contributed by atoms with Gasteiger partial charge in [-0.05, 0) is 79.3 Å². The minimum absolute atomic E-state index is 0.286. The largest absolute Gasteiger partial charge is 0.494 e. The zero-order valence-corrected chi connectivity index (χ0v) is 19.8. The summed E-state index contributed by atoms with van der Waals surface area (Å²) in [6, 6.07) is 21.3. The minimum atomic E-state index is -0.296. The van der Waals surface area contributed by atoms with Gasteiger partial charge in [-0.25, -0.2) is 4.90 Å². The minimum Gasteiger partial charge on any atom is -0.494 e. The van der Waals surface area contributed by atoms with Gasteiger partial charge in [-0.15, -0.1) is 0 Å². The highest BCUT2D eigenvalue weighted by Gasteiger charge is 2.44. The maximum atomic E-state index is 13.9. The summed E-state index contributed by atoms with van der Waals surface area (Å²) < 4.78 is 5.72. The summed E-state index contributed by atoms with van der Waals surface area (Å²) in [7, 11) is 0. The number of anilines is 2. The number of imide groups is 1. The number of carbonyl (C=O) groups excluding carboxylic acids is 2. The molecule has 0 atom stereocenters. The fourth-order valence-corrected chi connectivity index (χ4v) is 4.64. The van der Waals surface area contributed by atoms with Crippen molar-refractivity contribution in [1.29, 1.82) is 0 Å². The van der Waals surface area contributed by atoms with Crippen LogP contribution in [0.3, 0.4) is 0 Å². The van der Waals surface area contributed by atoms with Gasteiger partial charge in [-0.1, -0.05) is 43.3 Å². The number of hydrogen-bond acceptors (Lipinski definition) is 4. The Kier molecular flexibility index (Phi) is 5.70. The van der Waals surface area contributed by atoms with Crippen molar-refractivity contribution >= 4 is 28.8 Å². The van der Waals surface area contributed by atoms with Crippen molar-refractivity contribution in [3.63, 3.8) is 0 Å². The van der Waals surface area contributed by atoms with E-state index in [0.29, 0.717) is 35.7 Å². The van der Waals surface area contributed by atoms with Crippen LogP contribution in [0.25, 0.3) is 5.57 Å². The van der Waals surface area contributed by atoms with E-state index in [2.05, 4.69) is 13.0 Å². The van der Waals surface area contributed by atoms with E-state index in [4.69, 9.17) is 4.74 Å². The second kappa shape index (κ2) is 8.82. The number of aryl methyl sites for hydroxylation is 2.